The van der Waals surface area contributed by atoms with Crippen molar-refractivity contribution in [1.29, 1.82) is 0 Å². The fourth-order valence-electron chi connectivity index (χ4n) is 3.40. The smallest absolute Gasteiger partial charge is 0.240 e. The molecule has 0 radical (unpaired) electrons. The molecule has 5 nitrogen and oxygen atoms in total. The number of ketones is 1. The van der Waals surface area contributed by atoms with Crippen molar-refractivity contribution in [1.82, 2.24) is 4.90 Å². The van der Waals surface area contributed by atoms with E-state index in [-0.39, 0.29) is 17.5 Å². The van der Waals surface area contributed by atoms with Crippen LogP contribution < -0.4 is 5.32 Å². The Balaban J connectivity index is 1.67. The van der Waals surface area contributed by atoms with Crippen LogP contribution in [-0.4, -0.2) is 36.2 Å². The number of piperidine rings is 1. The van der Waals surface area contributed by atoms with E-state index in [9.17, 15) is 9.59 Å². The van der Waals surface area contributed by atoms with Crippen LogP contribution in [0.4, 0.5) is 5.69 Å². The van der Waals surface area contributed by atoms with Gasteiger partial charge in [-0.2, -0.15) is 0 Å². The van der Waals surface area contributed by atoms with Crippen molar-refractivity contribution < 1.29 is 14.0 Å². The van der Waals surface area contributed by atoms with Crippen LogP contribution in [0.1, 0.15) is 34.7 Å². The van der Waals surface area contributed by atoms with E-state index < -0.39 is 0 Å². The first-order chi connectivity index (χ1) is 13.5. The molecule has 1 amide bonds. The lowest BCUT2D eigenvalue weighted by molar-refractivity contribution is -0.117. The van der Waals surface area contributed by atoms with E-state index in [4.69, 9.17) is 4.42 Å². The van der Waals surface area contributed by atoms with Crippen molar-refractivity contribution in [3.05, 3.63) is 49.2 Å². The highest BCUT2D eigenvalue weighted by molar-refractivity contribution is 9.11. The standard InChI is InChI=1S/C20H18Br2N2O3S/c21-12-4-5-14-13(10-12)18(23-17(25)11-24-8-2-1-3-9-24)20(27-14)19(26)15-6-7-16(22)28-15/h4-7,10H,1-3,8-9,11H2,(H,23,25). The van der Waals surface area contributed by atoms with Gasteiger partial charge in [0.1, 0.15) is 5.58 Å². The molecule has 3 heterocycles. The summed E-state index contributed by atoms with van der Waals surface area (Å²) in [5.41, 5.74) is 1.00. The predicted octanol–water partition coefficient (Wildman–Crippen LogP) is 5.67. The minimum atomic E-state index is -0.240. The van der Waals surface area contributed by atoms with Crippen LogP contribution in [0.25, 0.3) is 11.0 Å². The van der Waals surface area contributed by atoms with E-state index in [1.54, 1.807) is 12.1 Å². The van der Waals surface area contributed by atoms with Gasteiger partial charge >= 0.3 is 0 Å². The highest BCUT2D eigenvalue weighted by Gasteiger charge is 2.25. The Kier molecular flexibility index (Phi) is 6.01. The Bertz CT molecular complexity index is 1040. The van der Waals surface area contributed by atoms with Crippen molar-refractivity contribution in [2.45, 2.75) is 19.3 Å². The lowest BCUT2D eigenvalue weighted by atomic mass is 10.1. The van der Waals surface area contributed by atoms with Crippen LogP contribution in [0, 0.1) is 0 Å². The molecule has 1 aromatic carbocycles. The molecule has 1 aliphatic heterocycles. The Morgan fingerprint density at radius 1 is 1.11 bits per heavy atom. The number of carbonyl (C=O) groups is 2. The number of likely N-dealkylation sites (tertiary alicyclic amines) is 1. The highest BCUT2D eigenvalue weighted by atomic mass is 79.9. The average molecular weight is 526 g/mol. The van der Waals surface area contributed by atoms with Gasteiger partial charge in [-0.05, 0) is 72.2 Å². The number of benzene rings is 1. The van der Waals surface area contributed by atoms with Gasteiger partial charge < -0.3 is 9.73 Å². The van der Waals surface area contributed by atoms with Gasteiger partial charge in [0.2, 0.25) is 11.7 Å². The molecule has 0 spiro atoms. The molecule has 3 aromatic rings. The first kappa shape index (κ1) is 19.8. The van der Waals surface area contributed by atoms with Crippen LogP contribution in [0.5, 0.6) is 0 Å². The molecule has 8 heteroatoms. The Morgan fingerprint density at radius 3 is 2.61 bits per heavy atom. The third-order valence-electron chi connectivity index (χ3n) is 4.73. The Morgan fingerprint density at radius 2 is 1.89 bits per heavy atom. The molecule has 1 aliphatic rings. The van der Waals surface area contributed by atoms with Crippen molar-refractivity contribution in [2.75, 3.05) is 25.0 Å². The van der Waals surface area contributed by atoms with Gasteiger partial charge in [-0.3, -0.25) is 14.5 Å². The summed E-state index contributed by atoms with van der Waals surface area (Å²) in [5, 5.41) is 3.65. The van der Waals surface area contributed by atoms with Gasteiger partial charge in [-0.25, -0.2) is 0 Å². The predicted molar refractivity (Wildman–Crippen MR) is 118 cm³/mol. The van der Waals surface area contributed by atoms with E-state index in [1.807, 2.05) is 18.2 Å². The lowest BCUT2D eigenvalue weighted by Crippen LogP contribution is -2.37. The zero-order valence-corrected chi connectivity index (χ0v) is 19.0. The summed E-state index contributed by atoms with van der Waals surface area (Å²) in [6.45, 7) is 2.18. The second-order valence-electron chi connectivity index (χ2n) is 6.76. The molecular weight excluding hydrogens is 508 g/mol. The molecule has 0 aliphatic carbocycles. The normalized spacial score (nSPS) is 15.1. The summed E-state index contributed by atoms with van der Waals surface area (Å²) in [4.78, 5) is 28.4. The Hall–Kier alpha value is -1.48. The Labute approximate surface area is 183 Å². The third-order valence-corrected chi connectivity index (χ3v) is 6.85. The van der Waals surface area contributed by atoms with Crippen LogP contribution in [0.15, 0.2) is 43.0 Å². The van der Waals surface area contributed by atoms with Gasteiger partial charge in [-0.1, -0.05) is 22.4 Å². The highest BCUT2D eigenvalue weighted by Crippen LogP contribution is 2.36. The quantitative estimate of drug-likeness (QED) is 0.435. The summed E-state index contributed by atoms with van der Waals surface area (Å²) in [5.74, 6) is -0.211. The van der Waals surface area contributed by atoms with E-state index in [1.165, 1.54) is 17.8 Å². The number of rotatable bonds is 5. The third kappa shape index (κ3) is 4.25. The molecule has 2 aromatic heterocycles. The second-order valence-corrected chi connectivity index (χ2v) is 10.1. The number of nitrogens with one attached hydrogen (secondary N) is 1. The molecule has 0 saturated carbocycles. The van der Waals surface area contributed by atoms with Crippen molar-refractivity contribution >= 4 is 71.5 Å². The fraction of sp³-hybridized carbons (Fsp3) is 0.300. The molecule has 1 fully saturated rings. The summed E-state index contributed by atoms with van der Waals surface area (Å²) in [6.07, 6.45) is 3.45. The first-order valence-electron chi connectivity index (χ1n) is 9.05. The van der Waals surface area contributed by atoms with Gasteiger partial charge in [0.15, 0.2) is 5.76 Å². The number of hydrogen-bond donors (Lipinski definition) is 1. The zero-order chi connectivity index (χ0) is 19.7. The topological polar surface area (TPSA) is 62.6 Å². The monoisotopic (exact) mass is 524 g/mol. The number of carbonyl (C=O) groups excluding carboxylic acids is 2. The number of fused-ring (bicyclic) bond motifs is 1. The largest absolute Gasteiger partial charge is 0.450 e. The summed E-state index contributed by atoms with van der Waals surface area (Å²) >= 11 is 8.18. The van der Waals surface area contributed by atoms with Gasteiger partial charge in [0.25, 0.3) is 0 Å². The number of amides is 1. The molecule has 0 bridgehead atoms. The van der Waals surface area contributed by atoms with Crippen LogP contribution >= 0.6 is 43.2 Å². The van der Waals surface area contributed by atoms with Gasteiger partial charge in [0.05, 0.1) is 20.9 Å². The molecule has 28 heavy (non-hydrogen) atoms. The lowest BCUT2D eigenvalue weighted by Gasteiger charge is -2.25. The second kappa shape index (κ2) is 8.49. The van der Waals surface area contributed by atoms with Crippen molar-refractivity contribution in [2.24, 2.45) is 0 Å². The van der Waals surface area contributed by atoms with E-state index >= 15 is 0 Å². The number of thiophene rings is 1. The first-order valence-corrected chi connectivity index (χ1v) is 11.5. The number of nitrogens with zero attached hydrogens (tertiary/aromatic N) is 1. The van der Waals surface area contributed by atoms with Crippen LogP contribution in [-0.2, 0) is 4.79 Å². The SMILES string of the molecule is O=C(CN1CCCCC1)Nc1c(C(=O)c2ccc(Br)s2)oc2ccc(Br)cc12. The summed E-state index contributed by atoms with van der Waals surface area (Å²) in [6, 6.07) is 9.07. The minimum Gasteiger partial charge on any atom is -0.450 e. The van der Waals surface area contributed by atoms with Gasteiger partial charge in [-0.15, -0.1) is 11.3 Å². The molecule has 1 N–H and O–H groups in total. The molecule has 1 saturated heterocycles. The van der Waals surface area contributed by atoms with Crippen LogP contribution in [0.3, 0.4) is 0 Å². The van der Waals surface area contributed by atoms with E-state index in [0.717, 1.165) is 34.2 Å². The molecule has 0 atom stereocenters. The number of furan rings is 1. The maximum atomic E-state index is 13.0. The van der Waals surface area contributed by atoms with Crippen LogP contribution in [0.2, 0.25) is 0 Å². The summed E-state index contributed by atoms with van der Waals surface area (Å²) < 4.78 is 7.58. The maximum absolute atomic E-state index is 13.0. The van der Waals surface area contributed by atoms with E-state index in [0.29, 0.717) is 28.1 Å². The van der Waals surface area contributed by atoms with Gasteiger partial charge in [0, 0.05) is 9.86 Å². The molecule has 4 rings (SSSR count). The number of anilines is 1. The fourth-order valence-corrected chi connectivity index (χ4v) is 5.09. The average Bonchev–Trinajstić information content (AvgIpc) is 3.26. The number of halogens is 2. The summed E-state index contributed by atoms with van der Waals surface area (Å²) in [7, 11) is 0. The molecule has 0 unspecified atom stereocenters. The number of hydrogen-bond acceptors (Lipinski definition) is 5. The molecular formula is C20H18Br2N2O3S. The zero-order valence-electron chi connectivity index (χ0n) is 15.0. The van der Waals surface area contributed by atoms with Crippen molar-refractivity contribution in [3.8, 4) is 0 Å². The van der Waals surface area contributed by atoms with Crippen molar-refractivity contribution in [3.63, 3.8) is 0 Å². The maximum Gasteiger partial charge on any atom is 0.240 e. The van der Waals surface area contributed by atoms with E-state index in [2.05, 4.69) is 42.1 Å². The molecule has 146 valence electrons. The minimum absolute atomic E-state index is 0.133.